The number of primary amides is 1. The highest BCUT2D eigenvalue weighted by Gasteiger charge is 2.28. The van der Waals surface area contributed by atoms with Gasteiger partial charge in [-0.25, -0.2) is 0 Å². The van der Waals surface area contributed by atoms with Crippen molar-refractivity contribution in [2.45, 2.75) is 46.8 Å². The van der Waals surface area contributed by atoms with E-state index in [2.05, 4.69) is 0 Å². The Balaban J connectivity index is 2.52. The van der Waals surface area contributed by atoms with Crippen LogP contribution in [-0.2, 0) is 29.7 Å². The molecule has 8 nitrogen and oxygen atoms in total. The molecular weight excluding hydrogens is 383 g/mol. The van der Waals surface area contributed by atoms with Crippen LogP contribution in [-0.4, -0.2) is 35.3 Å². The minimum atomic E-state index is -3.53. The van der Waals surface area contributed by atoms with Crippen molar-refractivity contribution in [2.24, 2.45) is 5.73 Å². The summed E-state index contributed by atoms with van der Waals surface area (Å²) in [5, 5.41) is 0.786. The maximum absolute atomic E-state index is 13.0. The Morgan fingerprint density at radius 3 is 2.25 bits per heavy atom. The number of aromatic nitrogens is 1. The van der Waals surface area contributed by atoms with Gasteiger partial charge in [0.1, 0.15) is 12.1 Å². The molecule has 1 heterocycles. The highest BCUT2D eigenvalue weighted by Crippen LogP contribution is 2.47. The first kappa shape index (κ1) is 22.1. The van der Waals surface area contributed by atoms with E-state index in [9.17, 15) is 14.2 Å². The lowest BCUT2D eigenvalue weighted by atomic mass is 10.2. The molecule has 0 saturated carbocycles. The monoisotopic (exact) mass is 410 g/mol. The Bertz CT molecular complexity index is 918. The molecule has 1 amide bonds. The molecule has 0 radical (unpaired) electrons. The Labute approximate surface area is 164 Å². The van der Waals surface area contributed by atoms with Gasteiger partial charge in [0, 0.05) is 17.1 Å². The van der Waals surface area contributed by atoms with Crippen LogP contribution in [0.15, 0.2) is 24.4 Å². The summed E-state index contributed by atoms with van der Waals surface area (Å²) >= 11 is 0. The number of carbonyl (C=O) groups excluding carboxylic acids is 2. The highest BCUT2D eigenvalue weighted by atomic mass is 31.2. The molecule has 0 aliphatic rings. The molecule has 2 N–H and O–H groups in total. The highest BCUT2D eigenvalue weighted by molar-refractivity contribution is 7.62. The molecule has 2 aromatic rings. The van der Waals surface area contributed by atoms with Crippen LogP contribution < -0.4 is 11.0 Å². The van der Waals surface area contributed by atoms with Crippen molar-refractivity contribution in [1.82, 2.24) is 4.57 Å². The fourth-order valence-corrected chi connectivity index (χ4v) is 4.42. The predicted octanol–water partition coefficient (Wildman–Crippen LogP) is 2.97. The molecule has 0 spiro atoms. The summed E-state index contributed by atoms with van der Waals surface area (Å²) in [4.78, 5) is 24.1. The van der Waals surface area contributed by atoms with Crippen molar-refractivity contribution in [1.29, 1.82) is 0 Å². The fourth-order valence-electron chi connectivity index (χ4n) is 2.82. The first-order chi connectivity index (χ1) is 13.0. The van der Waals surface area contributed by atoms with Gasteiger partial charge in [-0.2, -0.15) is 0 Å². The number of hydrogen-bond donors (Lipinski definition) is 1. The van der Waals surface area contributed by atoms with E-state index < -0.39 is 25.1 Å². The van der Waals surface area contributed by atoms with Crippen LogP contribution in [0, 0.1) is 0 Å². The minimum absolute atomic E-state index is 0.0883. The van der Waals surface area contributed by atoms with Crippen LogP contribution in [0.4, 0.5) is 0 Å². The van der Waals surface area contributed by atoms with E-state index in [0.29, 0.717) is 16.2 Å². The van der Waals surface area contributed by atoms with Gasteiger partial charge in [-0.05, 0) is 52.8 Å². The molecule has 154 valence electrons. The number of esters is 1. The SMILES string of the molecule is CCOP(=O)(OCC)c1ccc2c(c1)c(C(N)=O)cn2CC(=O)OC(C)(C)C. The number of benzene rings is 1. The molecule has 9 heteroatoms. The molecule has 0 bridgehead atoms. The van der Waals surface area contributed by atoms with E-state index in [4.69, 9.17) is 19.5 Å². The van der Waals surface area contributed by atoms with Gasteiger partial charge in [0.15, 0.2) is 0 Å². The summed E-state index contributed by atoms with van der Waals surface area (Å²) in [7, 11) is -3.53. The number of nitrogens with zero attached hydrogens (tertiary/aromatic N) is 1. The molecule has 0 aliphatic heterocycles. The van der Waals surface area contributed by atoms with Gasteiger partial charge in [-0.3, -0.25) is 14.2 Å². The van der Waals surface area contributed by atoms with Crippen LogP contribution in [0.25, 0.3) is 10.9 Å². The van der Waals surface area contributed by atoms with Crippen LogP contribution in [0.1, 0.15) is 45.0 Å². The molecule has 0 saturated heterocycles. The maximum atomic E-state index is 13.0. The van der Waals surface area contributed by atoms with Crippen molar-refractivity contribution in [2.75, 3.05) is 13.2 Å². The average Bonchev–Trinajstić information content (AvgIpc) is 2.91. The molecule has 2 rings (SSSR count). The van der Waals surface area contributed by atoms with Crippen LogP contribution >= 0.6 is 7.60 Å². The summed E-state index contributed by atoms with van der Waals surface area (Å²) in [6.07, 6.45) is 1.49. The number of carbonyl (C=O) groups is 2. The van der Waals surface area contributed by atoms with Gasteiger partial charge >= 0.3 is 13.6 Å². The smallest absolute Gasteiger partial charge is 0.361 e. The third-order valence-electron chi connectivity index (χ3n) is 3.76. The summed E-state index contributed by atoms with van der Waals surface area (Å²) in [6.45, 7) is 9.09. The lowest BCUT2D eigenvalue weighted by molar-refractivity contribution is -0.155. The van der Waals surface area contributed by atoms with Crippen molar-refractivity contribution in [3.8, 4) is 0 Å². The standard InChI is InChI=1S/C19H27N2O6P/c1-6-25-28(24,26-7-2)13-8-9-16-14(10-13)15(18(20)23)11-21(16)12-17(22)27-19(3,4)5/h8-11H,6-7,12H2,1-5H3,(H2,20,23). The number of nitrogens with two attached hydrogens (primary N) is 1. The molecule has 0 unspecified atom stereocenters. The second kappa shape index (κ2) is 8.47. The van der Waals surface area contributed by atoms with E-state index in [-0.39, 0.29) is 25.3 Å². The molecular formula is C19H27N2O6P. The Kier molecular flexibility index (Phi) is 6.70. The molecule has 0 fully saturated rings. The minimum Gasteiger partial charge on any atom is -0.459 e. The Morgan fingerprint density at radius 2 is 1.75 bits per heavy atom. The molecule has 1 aromatic carbocycles. The summed E-state index contributed by atoms with van der Waals surface area (Å²) in [5.74, 6) is -1.11. The number of amides is 1. The van der Waals surface area contributed by atoms with Gasteiger partial charge < -0.3 is 24.1 Å². The maximum Gasteiger partial charge on any atom is 0.361 e. The zero-order valence-electron chi connectivity index (χ0n) is 16.9. The number of ether oxygens (including phenoxy) is 1. The number of fused-ring (bicyclic) bond motifs is 1. The molecule has 28 heavy (non-hydrogen) atoms. The van der Waals surface area contributed by atoms with Gasteiger partial charge in [0.05, 0.1) is 24.1 Å². The lowest BCUT2D eigenvalue weighted by Gasteiger charge is -2.20. The third-order valence-corrected chi connectivity index (χ3v) is 5.87. The predicted molar refractivity (Wildman–Crippen MR) is 107 cm³/mol. The topological polar surface area (TPSA) is 110 Å². The van der Waals surface area contributed by atoms with E-state index in [1.54, 1.807) is 57.4 Å². The average molecular weight is 410 g/mol. The van der Waals surface area contributed by atoms with E-state index in [1.165, 1.54) is 6.20 Å². The van der Waals surface area contributed by atoms with E-state index in [0.717, 1.165) is 0 Å². The lowest BCUT2D eigenvalue weighted by Crippen LogP contribution is -2.26. The zero-order chi connectivity index (χ0) is 21.1. The van der Waals surface area contributed by atoms with Crippen molar-refractivity contribution in [3.05, 3.63) is 30.0 Å². The van der Waals surface area contributed by atoms with Gasteiger partial charge in [0.2, 0.25) is 0 Å². The van der Waals surface area contributed by atoms with Gasteiger partial charge in [0.25, 0.3) is 5.91 Å². The van der Waals surface area contributed by atoms with Crippen LogP contribution in [0.5, 0.6) is 0 Å². The van der Waals surface area contributed by atoms with Gasteiger partial charge in [-0.1, -0.05) is 0 Å². The van der Waals surface area contributed by atoms with Crippen LogP contribution in [0.2, 0.25) is 0 Å². The second-order valence-electron chi connectivity index (χ2n) is 7.16. The first-order valence-corrected chi connectivity index (χ1v) is 10.6. The number of hydrogen-bond acceptors (Lipinski definition) is 6. The summed E-state index contributed by atoms with van der Waals surface area (Å²) in [6, 6.07) is 4.82. The molecule has 0 aliphatic carbocycles. The summed E-state index contributed by atoms with van der Waals surface area (Å²) < 4.78 is 30.7. The van der Waals surface area contributed by atoms with E-state index >= 15 is 0 Å². The Morgan fingerprint density at radius 1 is 1.14 bits per heavy atom. The largest absolute Gasteiger partial charge is 0.459 e. The van der Waals surface area contributed by atoms with E-state index in [1.807, 2.05) is 0 Å². The van der Waals surface area contributed by atoms with Crippen molar-refractivity contribution >= 4 is 35.7 Å². The molecule has 0 atom stereocenters. The number of rotatable bonds is 8. The second-order valence-corrected chi connectivity index (χ2v) is 9.18. The van der Waals surface area contributed by atoms with Gasteiger partial charge in [-0.15, -0.1) is 0 Å². The van der Waals surface area contributed by atoms with Crippen LogP contribution in [0.3, 0.4) is 0 Å². The quantitative estimate of drug-likeness (QED) is 0.529. The van der Waals surface area contributed by atoms with Crippen molar-refractivity contribution in [3.63, 3.8) is 0 Å². The third kappa shape index (κ3) is 5.01. The summed E-state index contributed by atoms with van der Waals surface area (Å²) in [5.41, 5.74) is 5.67. The molecule has 1 aromatic heterocycles. The zero-order valence-corrected chi connectivity index (χ0v) is 17.7. The van der Waals surface area contributed by atoms with Crippen molar-refractivity contribution < 1.29 is 27.9 Å². The Hall–Kier alpha value is -2.15. The fraction of sp³-hybridized carbons (Fsp3) is 0.474. The normalized spacial score (nSPS) is 12.3. The first-order valence-electron chi connectivity index (χ1n) is 9.05.